The zero-order valence-corrected chi connectivity index (χ0v) is 16.2. The summed E-state index contributed by atoms with van der Waals surface area (Å²) in [5.74, 6) is 1.89. The highest BCUT2D eigenvalue weighted by atomic mass is 16.5. The fourth-order valence-corrected chi connectivity index (χ4v) is 4.66. The lowest BCUT2D eigenvalue weighted by molar-refractivity contribution is 0.0957. The van der Waals surface area contributed by atoms with Crippen LogP contribution in [0.4, 0.5) is 0 Å². The van der Waals surface area contributed by atoms with Gasteiger partial charge in [0.15, 0.2) is 11.6 Å². The minimum atomic E-state index is -0.607. The third kappa shape index (κ3) is 2.43. The number of fused-ring (bicyclic) bond motifs is 4. The van der Waals surface area contributed by atoms with E-state index in [1.54, 1.807) is 14.2 Å². The van der Waals surface area contributed by atoms with E-state index in [4.69, 9.17) is 9.47 Å². The van der Waals surface area contributed by atoms with Gasteiger partial charge in [-0.2, -0.15) is 0 Å². The molecular formula is C23H24O4. The normalized spacial score (nSPS) is 21.3. The fraction of sp³-hybridized carbons (Fsp3) is 0.391. The molecule has 2 aliphatic rings. The van der Waals surface area contributed by atoms with Crippen LogP contribution in [-0.4, -0.2) is 25.8 Å². The number of methoxy groups -OCH3 is 2. The maximum Gasteiger partial charge on any atom is 0.164 e. The molecule has 4 heteroatoms. The first-order chi connectivity index (χ1) is 12.9. The minimum absolute atomic E-state index is 0.0845. The summed E-state index contributed by atoms with van der Waals surface area (Å²) in [5.41, 5.74) is 3.74. The smallest absolute Gasteiger partial charge is 0.164 e. The standard InChI is InChI=1S/C23H24O4/c1-5-13(2)17-8-15(27-4)10-19-22(17)21(25)12-23(19)11-20(24)16-7-6-14(26-3)9-18(16)23/h6-10,13H,5,11-12H2,1-4H3. The van der Waals surface area contributed by atoms with Crippen molar-refractivity contribution < 1.29 is 19.1 Å². The number of hydrogen-bond acceptors (Lipinski definition) is 4. The molecule has 0 radical (unpaired) electrons. The Morgan fingerprint density at radius 2 is 1.63 bits per heavy atom. The van der Waals surface area contributed by atoms with Gasteiger partial charge in [0.05, 0.1) is 14.2 Å². The Hall–Kier alpha value is -2.62. The molecule has 27 heavy (non-hydrogen) atoms. The lowest BCUT2D eigenvalue weighted by Crippen LogP contribution is -2.22. The third-order valence-electron chi connectivity index (χ3n) is 6.28. The number of ketones is 2. The molecule has 2 unspecified atom stereocenters. The van der Waals surface area contributed by atoms with Gasteiger partial charge in [-0.25, -0.2) is 0 Å². The summed E-state index contributed by atoms with van der Waals surface area (Å²) in [5, 5.41) is 0. The molecule has 1 spiro atoms. The topological polar surface area (TPSA) is 52.6 Å². The van der Waals surface area contributed by atoms with Crippen LogP contribution < -0.4 is 9.47 Å². The minimum Gasteiger partial charge on any atom is -0.497 e. The number of rotatable bonds is 4. The molecule has 0 heterocycles. The average Bonchev–Trinajstić information content (AvgIpc) is 3.13. The van der Waals surface area contributed by atoms with Crippen molar-refractivity contribution in [3.63, 3.8) is 0 Å². The highest BCUT2D eigenvalue weighted by Crippen LogP contribution is 2.54. The van der Waals surface area contributed by atoms with Crippen LogP contribution in [0, 0.1) is 0 Å². The average molecular weight is 364 g/mol. The quantitative estimate of drug-likeness (QED) is 0.791. The highest BCUT2D eigenvalue weighted by Gasteiger charge is 2.52. The lowest BCUT2D eigenvalue weighted by atomic mass is 9.76. The second kappa shape index (κ2) is 6.22. The van der Waals surface area contributed by atoms with Gasteiger partial charge in [0.1, 0.15) is 11.5 Å². The van der Waals surface area contributed by atoms with E-state index in [-0.39, 0.29) is 17.5 Å². The van der Waals surface area contributed by atoms with Crippen LogP contribution in [0.15, 0.2) is 30.3 Å². The summed E-state index contributed by atoms with van der Waals surface area (Å²) in [6, 6.07) is 9.49. The second-order valence-corrected chi connectivity index (χ2v) is 7.64. The van der Waals surface area contributed by atoms with Crippen LogP contribution in [-0.2, 0) is 5.41 Å². The van der Waals surface area contributed by atoms with Gasteiger partial charge in [-0.15, -0.1) is 0 Å². The van der Waals surface area contributed by atoms with E-state index in [1.807, 2.05) is 30.3 Å². The van der Waals surface area contributed by atoms with Crippen molar-refractivity contribution >= 4 is 11.6 Å². The van der Waals surface area contributed by atoms with Crippen LogP contribution >= 0.6 is 0 Å². The van der Waals surface area contributed by atoms with Crippen LogP contribution in [0.5, 0.6) is 11.5 Å². The molecule has 4 nitrogen and oxygen atoms in total. The number of hydrogen-bond donors (Lipinski definition) is 0. The first kappa shape index (κ1) is 17.8. The summed E-state index contributed by atoms with van der Waals surface area (Å²) in [4.78, 5) is 25.9. The van der Waals surface area contributed by atoms with Crippen LogP contribution in [0.2, 0.25) is 0 Å². The Balaban J connectivity index is 2.01. The first-order valence-electron chi connectivity index (χ1n) is 9.42. The summed E-state index contributed by atoms with van der Waals surface area (Å²) >= 11 is 0. The molecule has 0 saturated carbocycles. The van der Waals surface area contributed by atoms with Crippen molar-refractivity contribution in [2.45, 2.75) is 44.4 Å². The van der Waals surface area contributed by atoms with Crippen LogP contribution in [0.25, 0.3) is 0 Å². The molecule has 2 aromatic rings. The predicted molar refractivity (Wildman–Crippen MR) is 103 cm³/mol. The van der Waals surface area contributed by atoms with Crippen molar-refractivity contribution in [1.82, 2.24) is 0 Å². The number of ether oxygens (including phenoxy) is 2. The van der Waals surface area contributed by atoms with Gasteiger partial charge in [-0.3, -0.25) is 9.59 Å². The van der Waals surface area contributed by atoms with Crippen LogP contribution in [0.1, 0.15) is 76.4 Å². The van der Waals surface area contributed by atoms with Gasteiger partial charge >= 0.3 is 0 Å². The Bertz CT molecular complexity index is 959. The fourth-order valence-electron chi connectivity index (χ4n) is 4.66. The maximum atomic E-state index is 13.2. The summed E-state index contributed by atoms with van der Waals surface area (Å²) in [7, 11) is 3.26. The lowest BCUT2D eigenvalue weighted by Gasteiger charge is -2.26. The van der Waals surface area contributed by atoms with E-state index in [9.17, 15) is 9.59 Å². The Labute approximate surface area is 159 Å². The number of Topliss-reactive ketones (excluding diaryl/α,β-unsaturated/α-hetero) is 2. The molecule has 2 aromatic carbocycles. The van der Waals surface area contributed by atoms with Gasteiger partial charge < -0.3 is 9.47 Å². The van der Waals surface area contributed by atoms with Crippen molar-refractivity contribution in [3.8, 4) is 11.5 Å². The molecule has 0 aliphatic heterocycles. The van der Waals surface area contributed by atoms with E-state index < -0.39 is 5.41 Å². The number of carbonyl (C=O) groups is 2. The molecule has 0 saturated heterocycles. The molecular weight excluding hydrogens is 340 g/mol. The molecule has 2 atom stereocenters. The number of carbonyl (C=O) groups excluding carboxylic acids is 2. The zero-order valence-electron chi connectivity index (χ0n) is 16.2. The van der Waals surface area contributed by atoms with E-state index in [1.165, 1.54) is 0 Å². The molecule has 140 valence electrons. The summed E-state index contributed by atoms with van der Waals surface area (Å²) in [6.07, 6.45) is 1.58. The van der Waals surface area contributed by atoms with Gasteiger partial charge in [-0.05, 0) is 59.4 Å². The van der Waals surface area contributed by atoms with E-state index in [0.29, 0.717) is 24.2 Å². The first-order valence-corrected chi connectivity index (χ1v) is 9.42. The maximum absolute atomic E-state index is 13.2. The molecule has 0 fully saturated rings. The second-order valence-electron chi connectivity index (χ2n) is 7.64. The zero-order chi connectivity index (χ0) is 19.3. The summed E-state index contributed by atoms with van der Waals surface area (Å²) < 4.78 is 10.9. The Kier molecular flexibility index (Phi) is 4.10. The molecule has 0 amide bonds. The van der Waals surface area contributed by atoms with Crippen molar-refractivity contribution in [3.05, 3.63) is 58.1 Å². The van der Waals surface area contributed by atoms with Gasteiger partial charge in [0.2, 0.25) is 0 Å². The van der Waals surface area contributed by atoms with Gasteiger partial charge in [-0.1, -0.05) is 13.8 Å². The molecule has 2 aliphatic carbocycles. The predicted octanol–water partition coefficient (Wildman–Crippen LogP) is 4.68. The van der Waals surface area contributed by atoms with Crippen molar-refractivity contribution in [2.75, 3.05) is 14.2 Å². The monoisotopic (exact) mass is 364 g/mol. The van der Waals surface area contributed by atoms with Crippen molar-refractivity contribution in [2.24, 2.45) is 0 Å². The Morgan fingerprint density at radius 3 is 2.30 bits per heavy atom. The highest BCUT2D eigenvalue weighted by molar-refractivity contribution is 6.10. The summed E-state index contributed by atoms with van der Waals surface area (Å²) in [6.45, 7) is 4.25. The third-order valence-corrected chi connectivity index (χ3v) is 6.28. The van der Waals surface area contributed by atoms with Crippen LogP contribution in [0.3, 0.4) is 0 Å². The molecule has 4 rings (SSSR count). The van der Waals surface area contributed by atoms with E-state index in [2.05, 4.69) is 13.8 Å². The Morgan fingerprint density at radius 1 is 0.963 bits per heavy atom. The molecule has 0 bridgehead atoms. The molecule has 0 aromatic heterocycles. The van der Waals surface area contributed by atoms with E-state index in [0.717, 1.165) is 34.4 Å². The van der Waals surface area contributed by atoms with Gasteiger partial charge in [0.25, 0.3) is 0 Å². The van der Waals surface area contributed by atoms with Gasteiger partial charge in [0, 0.05) is 29.4 Å². The number of benzene rings is 2. The van der Waals surface area contributed by atoms with Crippen molar-refractivity contribution in [1.29, 1.82) is 0 Å². The SMILES string of the molecule is CCC(C)c1cc(OC)cc2c1C(=O)CC21CC(=O)c2ccc(OC)cc21. The van der Waals surface area contributed by atoms with E-state index >= 15 is 0 Å². The molecule has 0 N–H and O–H groups in total. The largest absolute Gasteiger partial charge is 0.497 e.